The van der Waals surface area contributed by atoms with Gasteiger partial charge in [-0.2, -0.15) is 0 Å². The Kier molecular flexibility index (Phi) is 5.73. The molecule has 2 aromatic carbocycles. The molecule has 122 valence electrons. The van der Waals surface area contributed by atoms with Gasteiger partial charge in [-0.1, -0.05) is 61.2 Å². The van der Waals surface area contributed by atoms with Gasteiger partial charge in [0.05, 0.1) is 4.91 Å². The lowest BCUT2D eigenvalue weighted by atomic mass is 10.0. The van der Waals surface area contributed by atoms with E-state index in [1.807, 2.05) is 25.1 Å². The third-order valence-corrected chi connectivity index (χ3v) is 5.78. The summed E-state index contributed by atoms with van der Waals surface area (Å²) in [7, 11) is 0. The molecule has 1 aliphatic rings. The molecule has 0 N–H and O–H groups in total. The first-order valence-electron chi connectivity index (χ1n) is 7.70. The first kappa shape index (κ1) is 17.6. The van der Waals surface area contributed by atoms with Crippen molar-refractivity contribution in [3.05, 3.63) is 62.6 Å². The summed E-state index contributed by atoms with van der Waals surface area (Å²) in [4.78, 5) is 14.8. The zero-order valence-electron chi connectivity index (χ0n) is 13.2. The Labute approximate surface area is 165 Å². The van der Waals surface area contributed by atoms with Gasteiger partial charge in [-0.15, -0.1) is 0 Å². The predicted octanol–water partition coefficient (Wildman–Crippen LogP) is 5.57. The van der Waals surface area contributed by atoms with Crippen molar-refractivity contribution in [1.29, 1.82) is 0 Å². The van der Waals surface area contributed by atoms with Gasteiger partial charge >= 0.3 is 0 Å². The van der Waals surface area contributed by atoms with E-state index in [1.54, 1.807) is 4.90 Å². The number of hydrogen-bond acceptors (Lipinski definition) is 3. The highest BCUT2D eigenvalue weighted by molar-refractivity contribution is 14.1. The molecular weight excluding hydrogens is 449 g/mol. The van der Waals surface area contributed by atoms with Crippen LogP contribution in [0.25, 0.3) is 17.2 Å². The molecule has 0 spiro atoms. The van der Waals surface area contributed by atoms with Crippen LogP contribution in [0, 0.1) is 3.57 Å². The van der Waals surface area contributed by atoms with Crippen molar-refractivity contribution >= 4 is 62.9 Å². The number of amides is 1. The van der Waals surface area contributed by atoms with Crippen molar-refractivity contribution in [2.45, 2.75) is 13.3 Å². The second-order valence-electron chi connectivity index (χ2n) is 5.47. The fourth-order valence-corrected chi connectivity index (χ4v) is 4.19. The van der Waals surface area contributed by atoms with Gasteiger partial charge in [0.25, 0.3) is 5.91 Å². The highest BCUT2D eigenvalue weighted by atomic mass is 127. The highest BCUT2D eigenvalue weighted by Crippen LogP contribution is 2.33. The number of rotatable bonds is 4. The van der Waals surface area contributed by atoms with E-state index in [2.05, 4.69) is 59.0 Å². The molecule has 0 radical (unpaired) electrons. The van der Waals surface area contributed by atoms with Gasteiger partial charge in [0.1, 0.15) is 4.32 Å². The van der Waals surface area contributed by atoms with E-state index in [-0.39, 0.29) is 5.91 Å². The number of carbonyl (C=O) groups is 1. The fraction of sp³-hybridized carbons (Fsp3) is 0.158. The molecule has 1 heterocycles. The number of hydrogen-bond donors (Lipinski definition) is 0. The van der Waals surface area contributed by atoms with E-state index >= 15 is 0 Å². The molecule has 0 saturated carbocycles. The summed E-state index contributed by atoms with van der Waals surface area (Å²) in [6.07, 6.45) is 2.84. The summed E-state index contributed by atoms with van der Waals surface area (Å²) < 4.78 is 1.87. The van der Waals surface area contributed by atoms with Gasteiger partial charge in [-0.05, 0) is 70.0 Å². The van der Waals surface area contributed by atoms with Gasteiger partial charge in [0.15, 0.2) is 0 Å². The van der Waals surface area contributed by atoms with Crippen LogP contribution in [0.5, 0.6) is 0 Å². The molecule has 1 aliphatic heterocycles. The van der Waals surface area contributed by atoms with Crippen LogP contribution in [0.2, 0.25) is 0 Å². The second kappa shape index (κ2) is 7.80. The standard InChI is InChI=1S/C19H16INOS2/c1-2-10-21-18(22)17(24-19(21)23)12-13-4-3-5-15(11-13)14-6-8-16(20)9-7-14/h3-9,11-12H,2,10H2,1H3/b17-12-. The normalized spacial score (nSPS) is 16.2. The first-order valence-corrected chi connectivity index (χ1v) is 10.00. The maximum absolute atomic E-state index is 12.5. The largest absolute Gasteiger partial charge is 0.293 e. The molecule has 2 aromatic rings. The third-order valence-electron chi connectivity index (χ3n) is 3.68. The average molecular weight is 465 g/mol. The molecule has 1 fully saturated rings. The van der Waals surface area contributed by atoms with Gasteiger partial charge in [0, 0.05) is 10.1 Å². The molecule has 2 nitrogen and oxygen atoms in total. The minimum Gasteiger partial charge on any atom is -0.293 e. The van der Waals surface area contributed by atoms with Crippen LogP contribution in [0.15, 0.2) is 53.4 Å². The monoisotopic (exact) mass is 465 g/mol. The summed E-state index contributed by atoms with van der Waals surface area (Å²) in [5.41, 5.74) is 3.33. The van der Waals surface area contributed by atoms with E-state index in [4.69, 9.17) is 12.2 Å². The third kappa shape index (κ3) is 3.90. The van der Waals surface area contributed by atoms with Crippen molar-refractivity contribution in [3.63, 3.8) is 0 Å². The second-order valence-corrected chi connectivity index (χ2v) is 8.39. The molecule has 0 aromatic heterocycles. The molecule has 3 rings (SSSR count). The number of halogens is 1. The van der Waals surface area contributed by atoms with E-state index in [0.717, 1.165) is 17.5 Å². The van der Waals surface area contributed by atoms with E-state index in [1.165, 1.54) is 20.9 Å². The van der Waals surface area contributed by atoms with Crippen molar-refractivity contribution in [2.75, 3.05) is 6.54 Å². The van der Waals surface area contributed by atoms with Crippen LogP contribution in [-0.4, -0.2) is 21.7 Å². The minimum absolute atomic E-state index is 0.0199. The van der Waals surface area contributed by atoms with Crippen LogP contribution in [0.4, 0.5) is 0 Å². The quantitative estimate of drug-likeness (QED) is 0.335. The average Bonchev–Trinajstić information content (AvgIpc) is 2.84. The molecule has 1 amide bonds. The van der Waals surface area contributed by atoms with Gasteiger partial charge in [-0.25, -0.2) is 0 Å². The van der Waals surface area contributed by atoms with Crippen molar-refractivity contribution < 1.29 is 4.79 Å². The summed E-state index contributed by atoms with van der Waals surface area (Å²) in [6, 6.07) is 16.6. The fourth-order valence-electron chi connectivity index (χ4n) is 2.52. The van der Waals surface area contributed by atoms with Crippen LogP contribution in [0.1, 0.15) is 18.9 Å². The van der Waals surface area contributed by atoms with Gasteiger partial charge < -0.3 is 0 Å². The Hall–Kier alpha value is -1.18. The Morgan fingerprint density at radius 2 is 1.92 bits per heavy atom. The van der Waals surface area contributed by atoms with Crippen LogP contribution >= 0.6 is 46.6 Å². The Morgan fingerprint density at radius 1 is 1.17 bits per heavy atom. The van der Waals surface area contributed by atoms with Crippen LogP contribution in [0.3, 0.4) is 0 Å². The summed E-state index contributed by atoms with van der Waals surface area (Å²) in [5.74, 6) is 0.0199. The molecule has 5 heteroatoms. The van der Waals surface area contributed by atoms with E-state index in [0.29, 0.717) is 15.8 Å². The topological polar surface area (TPSA) is 20.3 Å². The van der Waals surface area contributed by atoms with Crippen molar-refractivity contribution in [3.8, 4) is 11.1 Å². The minimum atomic E-state index is 0.0199. The van der Waals surface area contributed by atoms with Crippen LogP contribution < -0.4 is 0 Å². The van der Waals surface area contributed by atoms with E-state index < -0.39 is 0 Å². The number of nitrogens with zero attached hydrogens (tertiary/aromatic N) is 1. The molecule has 24 heavy (non-hydrogen) atoms. The zero-order valence-corrected chi connectivity index (χ0v) is 17.0. The summed E-state index contributed by atoms with van der Waals surface area (Å²) in [6.45, 7) is 2.73. The predicted molar refractivity (Wildman–Crippen MR) is 115 cm³/mol. The Bertz CT molecular complexity index is 814. The number of thiocarbonyl (C=S) groups is 1. The molecule has 1 saturated heterocycles. The maximum Gasteiger partial charge on any atom is 0.266 e. The van der Waals surface area contributed by atoms with Crippen molar-refractivity contribution in [2.24, 2.45) is 0 Å². The van der Waals surface area contributed by atoms with Crippen molar-refractivity contribution in [1.82, 2.24) is 4.90 Å². The lowest BCUT2D eigenvalue weighted by Crippen LogP contribution is -2.28. The molecule has 0 aliphatic carbocycles. The molecule has 0 unspecified atom stereocenters. The number of thioether (sulfide) groups is 1. The molecular formula is C19H16INOS2. The zero-order chi connectivity index (χ0) is 17.1. The van der Waals surface area contributed by atoms with Gasteiger partial charge in [0.2, 0.25) is 0 Å². The number of carbonyl (C=O) groups excluding carboxylic acids is 1. The lowest BCUT2D eigenvalue weighted by Gasteiger charge is -2.11. The van der Waals surface area contributed by atoms with Gasteiger partial charge in [-0.3, -0.25) is 9.69 Å². The first-order chi connectivity index (χ1) is 11.6. The highest BCUT2D eigenvalue weighted by Gasteiger charge is 2.31. The summed E-state index contributed by atoms with van der Waals surface area (Å²) >= 11 is 9.01. The Morgan fingerprint density at radius 3 is 2.62 bits per heavy atom. The number of benzene rings is 2. The Balaban J connectivity index is 1.88. The maximum atomic E-state index is 12.5. The SMILES string of the molecule is CCCN1C(=O)/C(=C/c2cccc(-c3ccc(I)cc3)c2)SC1=S. The summed E-state index contributed by atoms with van der Waals surface area (Å²) in [5, 5.41) is 0. The smallest absolute Gasteiger partial charge is 0.266 e. The lowest BCUT2D eigenvalue weighted by molar-refractivity contribution is -0.122. The van der Waals surface area contributed by atoms with Crippen LogP contribution in [-0.2, 0) is 4.79 Å². The van der Waals surface area contributed by atoms with E-state index in [9.17, 15) is 4.79 Å². The molecule has 0 atom stereocenters. The molecule has 0 bridgehead atoms.